The lowest BCUT2D eigenvalue weighted by Gasteiger charge is -2.14. The second-order valence-electron chi connectivity index (χ2n) is 6.85. The molecule has 0 saturated heterocycles. The van der Waals surface area contributed by atoms with Crippen molar-refractivity contribution in [3.05, 3.63) is 58.8 Å². The van der Waals surface area contributed by atoms with Crippen molar-refractivity contribution in [1.82, 2.24) is 4.98 Å². The van der Waals surface area contributed by atoms with Crippen LogP contribution in [0.15, 0.2) is 36.4 Å². The van der Waals surface area contributed by atoms with Gasteiger partial charge in [-0.15, -0.1) is 0 Å². The van der Waals surface area contributed by atoms with Gasteiger partial charge in [0.2, 0.25) is 12.7 Å². The molecular formula is C22H20N2O4. The molecule has 0 saturated carbocycles. The number of Topliss-reactive ketones (excluding diaryl/α,β-unsaturated/α-hetero) is 1. The highest BCUT2D eigenvalue weighted by molar-refractivity contribution is 6.05. The van der Waals surface area contributed by atoms with Crippen LogP contribution in [0.25, 0.3) is 10.9 Å². The van der Waals surface area contributed by atoms with E-state index in [1.807, 2.05) is 38.1 Å². The molecular weight excluding hydrogens is 356 g/mol. The molecule has 0 aliphatic carbocycles. The Bertz CT molecular complexity index is 1120. The van der Waals surface area contributed by atoms with E-state index in [1.165, 1.54) is 6.92 Å². The molecule has 0 atom stereocenters. The number of nitrogens with one attached hydrogen (secondary N) is 1. The van der Waals surface area contributed by atoms with Crippen LogP contribution in [0.4, 0.5) is 5.69 Å². The number of fused-ring (bicyclic) bond motifs is 2. The first-order valence-corrected chi connectivity index (χ1v) is 9.03. The number of pyridine rings is 1. The van der Waals surface area contributed by atoms with Crippen LogP contribution in [0.5, 0.6) is 11.5 Å². The number of rotatable bonds is 4. The number of aryl methyl sites for hydroxylation is 2. The van der Waals surface area contributed by atoms with Gasteiger partial charge in [0.05, 0.1) is 17.6 Å². The first-order valence-electron chi connectivity index (χ1n) is 9.03. The number of benzene rings is 2. The normalized spacial score (nSPS) is 12.2. The van der Waals surface area contributed by atoms with Crippen LogP contribution >= 0.6 is 0 Å². The molecule has 1 N–H and O–H groups in total. The van der Waals surface area contributed by atoms with Gasteiger partial charge in [0.15, 0.2) is 17.3 Å². The molecule has 3 aromatic rings. The Kier molecular flexibility index (Phi) is 4.47. The number of aromatic nitrogens is 1. The summed E-state index contributed by atoms with van der Waals surface area (Å²) in [6.07, 6.45) is 0.168. The molecule has 2 aromatic carbocycles. The van der Waals surface area contributed by atoms with Crippen molar-refractivity contribution in [2.24, 2.45) is 0 Å². The Morgan fingerprint density at radius 1 is 1.11 bits per heavy atom. The Balaban J connectivity index is 1.64. The molecule has 1 aliphatic rings. The van der Waals surface area contributed by atoms with Gasteiger partial charge in [-0.1, -0.05) is 18.2 Å². The van der Waals surface area contributed by atoms with Gasteiger partial charge in [0.1, 0.15) is 0 Å². The SMILES string of the molecule is CC(=O)c1cc2c(cc1NC(=O)Cc1c(C)nc3ccccc3c1C)OCO2. The van der Waals surface area contributed by atoms with Crippen LogP contribution in [-0.2, 0) is 11.2 Å². The minimum Gasteiger partial charge on any atom is -0.454 e. The highest BCUT2D eigenvalue weighted by atomic mass is 16.7. The predicted molar refractivity (Wildman–Crippen MR) is 106 cm³/mol. The summed E-state index contributed by atoms with van der Waals surface area (Å²) in [6.45, 7) is 5.46. The van der Waals surface area contributed by atoms with Crippen molar-refractivity contribution < 1.29 is 19.1 Å². The van der Waals surface area contributed by atoms with E-state index in [0.29, 0.717) is 22.7 Å². The highest BCUT2D eigenvalue weighted by Crippen LogP contribution is 2.37. The number of hydrogen-bond acceptors (Lipinski definition) is 5. The van der Waals surface area contributed by atoms with Gasteiger partial charge in [0.25, 0.3) is 0 Å². The van der Waals surface area contributed by atoms with E-state index < -0.39 is 0 Å². The second-order valence-corrected chi connectivity index (χ2v) is 6.85. The summed E-state index contributed by atoms with van der Waals surface area (Å²) in [4.78, 5) is 29.4. The van der Waals surface area contributed by atoms with E-state index in [0.717, 1.165) is 27.7 Å². The topological polar surface area (TPSA) is 77.5 Å². The number of amides is 1. The van der Waals surface area contributed by atoms with Crippen molar-refractivity contribution in [1.29, 1.82) is 0 Å². The molecule has 28 heavy (non-hydrogen) atoms. The third kappa shape index (κ3) is 3.17. The van der Waals surface area contributed by atoms with Gasteiger partial charge in [-0.25, -0.2) is 0 Å². The van der Waals surface area contributed by atoms with Crippen molar-refractivity contribution in [2.75, 3.05) is 12.1 Å². The minimum atomic E-state index is -0.218. The standard InChI is InChI=1S/C22H20N2O4/c1-12-15-6-4-5-7-18(15)23-13(2)16(12)9-22(26)24-19-10-21-20(27-11-28-21)8-17(19)14(3)25/h4-8,10H,9,11H2,1-3H3,(H,24,26). The number of nitrogens with zero attached hydrogens (tertiary/aromatic N) is 1. The van der Waals surface area contributed by atoms with Gasteiger partial charge in [-0.2, -0.15) is 0 Å². The highest BCUT2D eigenvalue weighted by Gasteiger charge is 2.21. The summed E-state index contributed by atoms with van der Waals surface area (Å²) in [6, 6.07) is 11.1. The largest absolute Gasteiger partial charge is 0.454 e. The minimum absolute atomic E-state index is 0.102. The van der Waals surface area contributed by atoms with Crippen LogP contribution in [0.3, 0.4) is 0 Å². The maximum Gasteiger partial charge on any atom is 0.231 e. The first-order chi connectivity index (χ1) is 13.4. The molecule has 4 rings (SSSR count). The zero-order valence-electron chi connectivity index (χ0n) is 16.0. The fourth-order valence-electron chi connectivity index (χ4n) is 3.52. The third-order valence-corrected chi connectivity index (χ3v) is 4.99. The molecule has 0 bridgehead atoms. The third-order valence-electron chi connectivity index (χ3n) is 4.99. The number of carbonyl (C=O) groups is 2. The van der Waals surface area contributed by atoms with Gasteiger partial charge in [0, 0.05) is 22.7 Å². The van der Waals surface area contributed by atoms with E-state index in [-0.39, 0.29) is 24.9 Å². The number of ether oxygens (including phenoxy) is 2. The van der Waals surface area contributed by atoms with Gasteiger partial charge in [-0.3, -0.25) is 14.6 Å². The smallest absolute Gasteiger partial charge is 0.231 e. The van der Waals surface area contributed by atoms with Gasteiger partial charge < -0.3 is 14.8 Å². The maximum atomic E-state index is 12.8. The molecule has 6 heteroatoms. The number of anilines is 1. The van der Waals surface area contributed by atoms with Gasteiger partial charge >= 0.3 is 0 Å². The number of ketones is 1. The molecule has 142 valence electrons. The van der Waals surface area contributed by atoms with Crippen LogP contribution in [0.1, 0.15) is 34.1 Å². The van der Waals surface area contributed by atoms with Crippen molar-refractivity contribution in [3.8, 4) is 11.5 Å². The summed E-state index contributed by atoms with van der Waals surface area (Å²) >= 11 is 0. The summed E-state index contributed by atoms with van der Waals surface area (Å²) in [5, 5.41) is 3.88. The average molecular weight is 376 g/mol. The summed E-state index contributed by atoms with van der Waals surface area (Å²) in [7, 11) is 0. The number of para-hydroxylation sites is 1. The lowest BCUT2D eigenvalue weighted by molar-refractivity contribution is -0.115. The lowest BCUT2D eigenvalue weighted by atomic mass is 9.99. The lowest BCUT2D eigenvalue weighted by Crippen LogP contribution is -2.18. The quantitative estimate of drug-likeness (QED) is 0.697. The average Bonchev–Trinajstić information content (AvgIpc) is 3.11. The van der Waals surface area contributed by atoms with Crippen LogP contribution in [0.2, 0.25) is 0 Å². The number of carbonyl (C=O) groups excluding carboxylic acids is 2. The van der Waals surface area contributed by atoms with Gasteiger partial charge in [-0.05, 0) is 44.0 Å². The molecule has 6 nitrogen and oxygen atoms in total. The fraction of sp³-hybridized carbons (Fsp3) is 0.227. The van der Waals surface area contributed by atoms with E-state index >= 15 is 0 Å². The molecule has 1 aromatic heterocycles. The molecule has 0 spiro atoms. The van der Waals surface area contributed by atoms with E-state index in [2.05, 4.69) is 10.3 Å². The second kappa shape index (κ2) is 6.96. The van der Waals surface area contributed by atoms with Crippen molar-refractivity contribution >= 4 is 28.3 Å². The molecule has 0 unspecified atom stereocenters. The monoisotopic (exact) mass is 376 g/mol. The Morgan fingerprint density at radius 2 is 1.82 bits per heavy atom. The molecule has 1 aliphatic heterocycles. The number of hydrogen-bond donors (Lipinski definition) is 1. The van der Waals surface area contributed by atoms with Crippen molar-refractivity contribution in [3.63, 3.8) is 0 Å². The Labute approximate surface area is 162 Å². The van der Waals surface area contributed by atoms with E-state index in [4.69, 9.17) is 9.47 Å². The summed E-state index contributed by atoms with van der Waals surface area (Å²) in [5.74, 6) is 0.645. The summed E-state index contributed by atoms with van der Waals surface area (Å²) < 4.78 is 10.7. The first kappa shape index (κ1) is 18.0. The van der Waals surface area contributed by atoms with Crippen LogP contribution < -0.4 is 14.8 Å². The fourth-order valence-corrected chi connectivity index (χ4v) is 3.52. The van der Waals surface area contributed by atoms with E-state index in [9.17, 15) is 9.59 Å². The van der Waals surface area contributed by atoms with Crippen molar-refractivity contribution in [2.45, 2.75) is 27.2 Å². The predicted octanol–water partition coefficient (Wildman–Crippen LogP) is 3.96. The zero-order valence-corrected chi connectivity index (χ0v) is 16.0. The molecule has 2 heterocycles. The zero-order chi connectivity index (χ0) is 19.8. The Hall–Kier alpha value is -3.41. The molecule has 1 amide bonds. The molecule has 0 fully saturated rings. The van der Waals surface area contributed by atoms with Crippen LogP contribution in [-0.4, -0.2) is 23.5 Å². The van der Waals surface area contributed by atoms with Crippen LogP contribution in [0, 0.1) is 13.8 Å². The van der Waals surface area contributed by atoms with E-state index in [1.54, 1.807) is 12.1 Å². The maximum absolute atomic E-state index is 12.8. The molecule has 0 radical (unpaired) electrons. The summed E-state index contributed by atoms with van der Waals surface area (Å²) in [5.41, 5.74) is 4.48. The Morgan fingerprint density at radius 3 is 2.57 bits per heavy atom.